The maximum atomic E-state index is 13.0. The highest BCUT2D eigenvalue weighted by molar-refractivity contribution is 5.80. The van der Waals surface area contributed by atoms with Crippen molar-refractivity contribution in [3.63, 3.8) is 0 Å². The first-order valence-corrected chi connectivity index (χ1v) is 27.7. The highest BCUT2D eigenvalue weighted by atomic mass is 16.7. The van der Waals surface area contributed by atoms with Crippen molar-refractivity contribution in [3.05, 3.63) is 0 Å². The van der Waals surface area contributed by atoms with Gasteiger partial charge in [0, 0.05) is 98.6 Å². The van der Waals surface area contributed by atoms with Crippen LogP contribution in [0.15, 0.2) is 0 Å². The topological polar surface area (TPSA) is 419 Å². The number of unbranched alkanes of at least 4 members (excludes halogenated alkanes) is 5. The molecule has 2 rings (SSSR count). The minimum absolute atomic E-state index is 0.00426. The summed E-state index contributed by atoms with van der Waals surface area (Å²) in [6, 6.07) is -2.62. The van der Waals surface area contributed by atoms with Gasteiger partial charge in [0.05, 0.1) is 33.0 Å². The first-order valence-electron chi connectivity index (χ1n) is 27.7. The van der Waals surface area contributed by atoms with Crippen LogP contribution in [0.25, 0.3) is 0 Å². The smallest absolute Gasteiger partial charge is 0.245 e. The van der Waals surface area contributed by atoms with Crippen molar-refractivity contribution in [1.29, 1.82) is 0 Å². The van der Waals surface area contributed by atoms with Crippen molar-refractivity contribution >= 4 is 47.3 Å². The molecule has 2 aliphatic rings. The molecule has 80 heavy (non-hydrogen) atoms. The van der Waals surface area contributed by atoms with Crippen LogP contribution in [0.4, 0.5) is 0 Å². The maximum absolute atomic E-state index is 13.0. The first-order chi connectivity index (χ1) is 38.4. The van der Waals surface area contributed by atoms with Crippen molar-refractivity contribution in [2.24, 2.45) is 0 Å². The molecule has 11 atom stereocenters. The number of rotatable bonds is 44. The van der Waals surface area contributed by atoms with Crippen LogP contribution in [0, 0.1) is 0 Å². The predicted octanol–water partition coefficient (Wildman–Crippen LogP) is -4.50. The van der Waals surface area contributed by atoms with Gasteiger partial charge in [-0.3, -0.25) is 38.4 Å². The molecule has 0 aromatic heterocycles. The van der Waals surface area contributed by atoms with E-state index in [1.54, 1.807) is 7.11 Å². The fourth-order valence-corrected chi connectivity index (χ4v) is 8.37. The van der Waals surface area contributed by atoms with Gasteiger partial charge in [-0.2, -0.15) is 0 Å². The fraction of sp³-hybridized carbons (Fsp3) is 0.843. The van der Waals surface area contributed by atoms with Crippen LogP contribution in [0.5, 0.6) is 0 Å². The average Bonchev–Trinajstić information content (AvgIpc) is 3.41. The largest absolute Gasteiger partial charge is 0.394 e. The number of nitrogens with one attached hydrogen (secondary N) is 8. The number of methoxy groups -OCH3 is 1. The molecule has 2 saturated heterocycles. The molecule has 29 nitrogen and oxygen atoms in total. The Morgan fingerprint density at radius 2 is 0.900 bits per heavy atom. The number of carbonyl (C=O) groups is 8. The summed E-state index contributed by atoms with van der Waals surface area (Å²) in [6.07, 6.45) is -3.18. The summed E-state index contributed by atoms with van der Waals surface area (Å²) < 4.78 is 38.1. The molecule has 0 saturated carbocycles. The molecule has 0 radical (unpaired) electrons. The number of hydrogen-bond acceptors (Lipinski definition) is 21. The Labute approximate surface area is 467 Å². The summed E-state index contributed by atoms with van der Waals surface area (Å²) in [7, 11) is 1.65. The summed E-state index contributed by atoms with van der Waals surface area (Å²) in [6.45, 7) is 3.06. The third-order valence-electron chi connectivity index (χ3n) is 12.6. The van der Waals surface area contributed by atoms with Gasteiger partial charge in [0.1, 0.15) is 61.9 Å². The van der Waals surface area contributed by atoms with E-state index in [0.717, 1.165) is 25.7 Å². The normalized spacial score (nSPS) is 23.0. The van der Waals surface area contributed by atoms with Gasteiger partial charge in [-0.1, -0.05) is 12.8 Å². The highest BCUT2D eigenvalue weighted by Gasteiger charge is 2.46. The summed E-state index contributed by atoms with van der Waals surface area (Å²) in [5, 5.41) is 81.5. The quantitative estimate of drug-likeness (QED) is 0.0256. The molecule has 8 amide bonds. The average molecular weight is 1150 g/mol. The summed E-state index contributed by atoms with van der Waals surface area (Å²) >= 11 is 0. The Hall–Kier alpha value is -4.76. The van der Waals surface area contributed by atoms with Crippen molar-refractivity contribution < 1.29 is 102 Å². The first kappa shape index (κ1) is 71.3. The van der Waals surface area contributed by atoms with E-state index in [0.29, 0.717) is 58.2 Å². The van der Waals surface area contributed by atoms with Gasteiger partial charge in [0.15, 0.2) is 12.6 Å². The minimum atomic E-state index is -1.45. The Bertz CT molecular complexity index is 1810. The molecular weight excluding hydrogens is 1060 g/mol. The molecule has 0 bridgehead atoms. The van der Waals surface area contributed by atoms with Gasteiger partial charge in [-0.05, 0) is 57.8 Å². The van der Waals surface area contributed by atoms with Gasteiger partial charge < -0.3 is 106 Å². The van der Waals surface area contributed by atoms with E-state index >= 15 is 0 Å². The lowest BCUT2D eigenvalue weighted by Gasteiger charge is -2.42. The zero-order chi connectivity index (χ0) is 59.1. The second-order valence-corrected chi connectivity index (χ2v) is 19.5. The van der Waals surface area contributed by atoms with Gasteiger partial charge in [-0.25, -0.2) is 0 Å². The van der Waals surface area contributed by atoms with E-state index in [2.05, 4.69) is 42.5 Å². The van der Waals surface area contributed by atoms with E-state index < -0.39 is 98.3 Å². The summed E-state index contributed by atoms with van der Waals surface area (Å²) in [4.78, 5) is 98.3. The number of amides is 8. The van der Waals surface area contributed by atoms with Crippen molar-refractivity contribution in [2.45, 2.75) is 177 Å². The van der Waals surface area contributed by atoms with Crippen molar-refractivity contribution in [3.8, 4) is 0 Å². The molecular formula is C51H92N8O21. The molecule has 2 fully saturated rings. The minimum Gasteiger partial charge on any atom is -0.394 e. The van der Waals surface area contributed by atoms with E-state index in [4.69, 9.17) is 33.2 Å². The maximum Gasteiger partial charge on any atom is 0.245 e. The summed E-state index contributed by atoms with van der Waals surface area (Å²) in [5.41, 5.74) is 0. The molecule has 0 aromatic carbocycles. The molecule has 14 N–H and O–H groups in total. The molecule has 462 valence electrons. The number of ether oxygens (including phenoxy) is 7. The molecule has 4 unspecified atom stereocenters. The number of aliphatic hydroxyl groups is 6. The van der Waals surface area contributed by atoms with Crippen LogP contribution in [0.3, 0.4) is 0 Å². The number of carbonyl (C=O) groups excluding carboxylic acids is 8. The number of aliphatic hydroxyl groups excluding tert-OH is 6. The molecule has 0 spiro atoms. The molecule has 2 heterocycles. The fourth-order valence-electron chi connectivity index (χ4n) is 8.37. The van der Waals surface area contributed by atoms with Crippen LogP contribution in [0.1, 0.15) is 110 Å². The Kier molecular flexibility index (Phi) is 38.3. The standard InChI is InChI=1S/C51H92N8O21/c1-33(62)57-44-48(72)46(70)36(29-60)79-50(44)77-24-11-7-15-38(64)55-21-26-75-31-42(68)53-19-9-6-14-35(28-41(67)52-18-8-4-5-10-23-74-3)59-40(66)16-12-20-54-43(69)32-76-27-22-56-39(65)17-13-25-78-51-45(58-34(2)63)49(73)47(71)37(30-61)80-51/h35-37,44-51,60-61,70-73H,4-32H2,1-3H3,(H,52,67)(H,53,68)(H,54,69)(H,55,64)(H,56,65)(H,57,62)(H,58,63)(H,59,66)/t35-,36?,37?,44?,45?,46+,47+,48+,49+,50+,51+/m0/s1. The van der Waals surface area contributed by atoms with Crippen LogP contribution >= 0.6 is 0 Å². The molecule has 0 aromatic rings. The van der Waals surface area contributed by atoms with E-state index in [1.807, 2.05) is 0 Å². The third kappa shape index (κ3) is 31.5. The van der Waals surface area contributed by atoms with E-state index in [9.17, 15) is 69.0 Å². The van der Waals surface area contributed by atoms with Crippen LogP contribution in [0.2, 0.25) is 0 Å². The van der Waals surface area contributed by atoms with Gasteiger partial charge >= 0.3 is 0 Å². The Balaban J connectivity index is 1.61. The Morgan fingerprint density at radius 3 is 1.41 bits per heavy atom. The van der Waals surface area contributed by atoms with Crippen LogP contribution in [-0.2, 0) is 71.5 Å². The summed E-state index contributed by atoms with van der Waals surface area (Å²) in [5.74, 6) is -2.79. The molecule has 0 aliphatic carbocycles. The van der Waals surface area contributed by atoms with Gasteiger partial charge in [0.25, 0.3) is 0 Å². The zero-order valence-electron chi connectivity index (χ0n) is 46.7. The highest BCUT2D eigenvalue weighted by Crippen LogP contribution is 2.24. The third-order valence-corrected chi connectivity index (χ3v) is 12.6. The van der Waals surface area contributed by atoms with Crippen LogP contribution < -0.4 is 42.5 Å². The number of hydrogen-bond donors (Lipinski definition) is 14. The van der Waals surface area contributed by atoms with Gasteiger partial charge in [0.2, 0.25) is 47.3 Å². The monoisotopic (exact) mass is 1150 g/mol. The van der Waals surface area contributed by atoms with E-state index in [1.165, 1.54) is 13.8 Å². The zero-order valence-corrected chi connectivity index (χ0v) is 46.7. The second kappa shape index (κ2) is 43.0. The van der Waals surface area contributed by atoms with E-state index in [-0.39, 0.29) is 121 Å². The predicted molar refractivity (Wildman–Crippen MR) is 282 cm³/mol. The SMILES string of the molecule is COCCCCCCNC(=O)C[C@H](CCCCNC(=O)COCCNC(=O)CCCCO[C@@H]1OC(CO)[C@@H](O)[C@H](O)C1NC(C)=O)NC(=O)CCCNC(=O)COCCNC(=O)CCCO[C@@H]1OC(CO)[C@@H](O)[C@H](O)C1NC(C)=O. The van der Waals surface area contributed by atoms with Gasteiger partial charge in [-0.15, -0.1) is 0 Å². The lowest BCUT2D eigenvalue weighted by atomic mass is 9.97. The molecule has 2 aliphatic heterocycles. The Morgan fingerprint density at radius 1 is 0.463 bits per heavy atom. The van der Waals surface area contributed by atoms with Crippen LogP contribution in [-0.4, -0.2) is 245 Å². The molecule has 29 heteroatoms. The van der Waals surface area contributed by atoms with Crippen molar-refractivity contribution in [1.82, 2.24) is 42.5 Å². The lowest BCUT2D eigenvalue weighted by Crippen LogP contribution is -2.64. The van der Waals surface area contributed by atoms with Crippen molar-refractivity contribution in [2.75, 3.05) is 99.3 Å². The second-order valence-electron chi connectivity index (χ2n) is 19.5. The lowest BCUT2D eigenvalue weighted by molar-refractivity contribution is -0.270.